The fourth-order valence-corrected chi connectivity index (χ4v) is 4.49. The highest BCUT2D eigenvalue weighted by Crippen LogP contribution is 2.29. The van der Waals surface area contributed by atoms with Gasteiger partial charge in [-0.15, -0.1) is 0 Å². The highest BCUT2D eigenvalue weighted by molar-refractivity contribution is 9.10. The van der Waals surface area contributed by atoms with Crippen molar-refractivity contribution in [3.63, 3.8) is 0 Å². The minimum atomic E-state index is -0.718. The lowest BCUT2D eigenvalue weighted by atomic mass is 10.0. The molecular weight excluding hydrogens is 528 g/mol. The van der Waals surface area contributed by atoms with Gasteiger partial charge in [-0.1, -0.05) is 74.0 Å². The lowest BCUT2D eigenvalue weighted by Crippen LogP contribution is -2.51. The van der Waals surface area contributed by atoms with Crippen LogP contribution in [-0.4, -0.2) is 36.4 Å². The van der Waals surface area contributed by atoms with Crippen molar-refractivity contribution in [3.8, 4) is 5.75 Å². The topological polar surface area (TPSA) is 58.6 Å². The minimum Gasteiger partial charge on any atom is -0.483 e. The number of carbonyl (C=O) groups excluding carboxylic acids is 2. The summed E-state index contributed by atoms with van der Waals surface area (Å²) in [6, 6.07) is 22.1. The monoisotopic (exact) mass is 556 g/mol. The number of nitrogens with one attached hydrogen (secondary N) is 1. The van der Waals surface area contributed by atoms with E-state index < -0.39 is 6.04 Å². The normalized spacial score (nSPS) is 11.7. The molecular formula is C28H30BrClN2O3. The van der Waals surface area contributed by atoms with E-state index >= 15 is 0 Å². The summed E-state index contributed by atoms with van der Waals surface area (Å²) in [5, 5.41) is 3.28. The Labute approximate surface area is 220 Å². The van der Waals surface area contributed by atoms with Crippen LogP contribution in [0.5, 0.6) is 5.75 Å². The summed E-state index contributed by atoms with van der Waals surface area (Å²) in [4.78, 5) is 28.1. The number of rotatable bonds is 10. The van der Waals surface area contributed by atoms with Crippen LogP contribution in [0.25, 0.3) is 0 Å². The Kier molecular flexibility index (Phi) is 9.75. The van der Waals surface area contributed by atoms with Crippen LogP contribution < -0.4 is 10.1 Å². The van der Waals surface area contributed by atoms with Gasteiger partial charge in [0.2, 0.25) is 5.91 Å². The lowest BCUT2D eigenvalue weighted by molar-refractivity contribution is -0.142. The third-order valence-electron chi connectivity index (χ3n) is 5.73. The molecule has 0 radical (unpaired) electrons. The second-order valence-corrected chi connectivity index (χ2v) is 9.90. The second kappa shape index (κ2) is 12.8. The molecule has 0 heterocycles. The smallest absolute Gasteiger partial charge is 0.261 e. The SMILES string of the molecule is CNC(=O)[C@@H](Cc1ccccc1)N(Cc1cccc(Cl)c1)C(=O)COc1ccc(C(C)C)cc1Br. The van der Waals surface area contributed by atoms with Gasteiger partial charge in [0.25, 0.3) is 5.91 Å². The number of halogens is 2. The first-order valence-corrected chi connectivity index (χ1v) is 12.7. The van der Waals surface area contributed by atoms with Gasteiger partial charge >= 0.3 is 0 Å². The average molecular weight is 558 g/mol. The maximum Gasteiger partial charge on any atom is 0.261 e. The summed E-state index contributed by atoms with van der Waals surface area (Å²) in [5.74, 6) is 0.410. The molecule has 3 aromatic carbocycles. The number of benzene rings is 3. The Morgan fingerprint density at radius 1 is 1.00 bits per heavy atom. The molecule has 0 bridgehead atoms. The molecule has 0 saturated carbocycles. The number of amides is 2. The van der Waals surface area contributed by atoms with E-state index in [1.807, 2.05) is 60.7 Å². The van der Waals surface area contributed by atoms with E-state index in [1.165, 1.54) is 5.56 Å². The number of ether oxygens (including phenoxy) is 1. The molecule has 2 amide bonds. The first-order valence-electron chi connectivity index (χ1n) is 11.5. The zero-order valence-corrected chi connectivity index (χ0v) is 22.5. The third kappa shape index (κ3) is 7.58. The lowest BCUT2D eigenvalue weighted by Gasteiger charge is -2.31. The zero-order chi connectivity index (χ0) is 25.4. The average Bonchev–Trinajstić information content (AvgIpc) is 2.85. The fourth-order valence-electron chi connectivity index (χ4n) is 3.77. The Balaban J connectivity index is 1.87. The Hall–Kier alpha value is -2.83. The molecule has 0 saturated heterocycles. The highest BCUT2D eigenvalue weighted by Gasteiger charge is 2.30. The van der Waals surface area contributed by atoms with Gasteiger partial charge in [-0.2, -0.15) is 0 Å². The highest BCUT2D eigenvalue weighted by atomic mass is 79.9. The predicted molar refractivity (Wildman–Crippen MR) is 144 cm³/mol. The van der Waals surface area contributed by atoms with Gasteiger partial charge in [-0.3, -0.25) is 9.59 Å². The van der Waals surface area contributed by atoms with E-state index in [9.17, 15) is 9.59 Å². The van der Waals surface area contributed by atoms with E-state index in [0.29, 0.717) is 23.1 Å². The summed E-state index contributed by atoms with van der Waals surface area (Å²) < 4.78 is 6.68. The summed E-state index contributed by atoms with van der Waals surface area (Å²) >= 11 is 9.73. The summed E-state index contributed by atoms with van der Waals surface area (Å²) in [5.41, 5.74) is 2.95. The van der Waals surface area contributed by atoms with Crippen LogP contribution in [0.4, 0.5) is 0 Å². The van der Waals surface area contributed by atoms with Gasteiger partial charge in [0.05, 0.1) is 4.47 Å². The van der Waals surface area contributed by atoms with Gasteiger partial charge in [-0.25, -0.2) is 0 Å². The third-order valence-corrected chi connectivity index (χ3v) is 6.59. The molecule has 0 aromatic heterocycles. The first kappa shape index (κ1) is 26.8. The van der Waals surface area contributed by atoms with Crippen LogP contribution in [-0.2, 0) is 22.6 Å². The molecule has 5 nitrogen and oxygen atoms in total. The standard InChI is InChI=1S/C28H30BrClN2O3/c1-19(2)22-12-13-26(24(29)16-22)35-18-27(33)32(17-21-10-7-11-23(30)14-21)25(28(34)31-3)15-20-8-5-4-6-9-20/h4-14,16,19,25H,15,17-18H2,1-3H3,(H,31,34)/t25-/m1/s1. The van der Waals surface area contributed by atoms with Gasteiger partial charge < -0.3 is 15.0 Å². The van der Waals surface area contributed by atoms with E-state index in [-0.39, 0.29) is 25.0 Å². The van der Waals surface area contributed by atoms with Crippen LogP contribution in [0, 0.1) is 0 Å². The molecule has 0 aliphatic carbocycles. The maximum absolute atomic E-state index is 13.5. The van der Waals surface area contributed by atoms with Crippen LogP contribution in [0.1, 0.15) is 36.5 Å². The zero-order valence-electron chi connectivity index (χ0n) is 20.1. The summed E-state index contributed by atoms with van der Waals surface area (Å²) in [6.45, 7) is 4.25. The van der Waals surface area contributed by atoms with Crippen LogP contribution in [0.2, 0.25) is 5.02 Å². The van der Waals surface area contributed by atoms with E-state index in [4.69, 9.17) is 16.3 Å². The molecule has 0 fully saturated rings. The Morgan fingerprint density at radius 3 is 2.34 bits per heavy atom. The molecule has 3 rings (SSSR count). The molecule has 0 spiro atoms. The van der Waals surface area contributed by atoms with Crippen molar-refractivity contribution in [1.82, 2.24) is 10.2 Å². The number of hydrogen-bond acceptors (Lipinski definition) is 3. The van der Waals surface area contributed by atoms with Crippen LogP contribution >= 0.6 is 27.5 Å². The molecule has 35 heavy (non-hydrogen) atoms. The van der Waals surface area contributed by atoms with Crippen LogP contribution in [0.3, 0.4) is 0 Å². The Morgan fingerprint density at radius 2 is 1.71 bits per heavy atom. The second-order valence-electron chi connectivity index (χ2n) is 8.60. The molecule has 1 N–H and O–H groups in total. The van der Waals surface area contributed by atoms with Crippen molar-refractivity contribution in [2.75, 3.05) is 13.7 Å². The number of carbonyl (C=O) groups is 2. The first-order chi connectivity index (χ1) is 16.8. The van der Waals surface area contributed by atoms with Crippen molar-refractivity contribution in [1.29, 1.82) is 0 Å². The number of likely N-dealkylation sites (N-methyl/N-ethyl adjacent to an activating group) is 1. The van der Waals surface area contributed by atoms with Gasteiger partial charge in [0.1, 0.15) is 11.8 Å². The van der Waals surface area contributed by atoms with Crippen molar-refractivity contribution in [3.05, 3.63) is 99.0 Å². The van der Waals surface area contributed by atoms with Gasteiger partial charge in [-0.05, 0) is 62.8 Å². The molecule has 7 heteroatoms. The molecule has 1 atom stereocenters. The van der Waals surface area contributed by atoms with Crippen molar-refractivity contribution >= 4 is 39.3 Å². The van der Waals surface area contributed by atoms with Crippen molar-refractivity contribution in [2.45, 2.75) is 38.8 Å². The minimum absolute atomic E-state index is 0.206. The summed E-state index contributed by atoms with van der Waals surface area (Å²) in [7, 11) is 1.58. The van der Waals surface area contributed by atoms with E-state index in [1.54, 1.807) is 24.1 Å². The van der Waals surface area contributed by atoms with Crippen molar-refractivity contribution < 1.29 is 14.3 Å². The van der Waals surface area contributed by atoms with E-state index in [0.717, 1.165) is 15.6 Å². The van der Waals surface area contributed by atoms with E-state index in [2.05, 4.69) is 35.1 Å². The molecule has 3 aromatic rings. The predicted octanol–water partition coefficient (Wildman–Crippen LogP) is 5.99. The molecule has 0 unspecified atom stereocenters. The van der Waals surface area contributed by atoms with Crippen molar-refractivity contribution in [2.24, 2.45) is 0 Å². The van der Waals surface area contributed by atoms with Gasteiger partial charge in [0.15, 0.2) is 6.61 Å². The molecule has 0 aliphatic heterocycles. The Bertz CT molecular complexity index is 1150. The van der Waals surface area contributed by atoms with Gasteiger partial charge in [0, 0.05) is 25.0 Å². The largest absolute Gasteiger partial charge is 0.483 e. The molecule has 0 aliphatic rings. The molecule has 184 valence electrons. The summed E-state index contributed by atoms with van der Waals surface area (Å²) in [6.07, 6.45) is 0.375. The fraction of sp³-hybridized carbons (Fsp3) is 0.286. The van der Waals surface area contributed by atoms with Crippen LogP contribution in [0.15, 0.2) is 77.3 Å². The number of hydrogen-bond donors (Lipinski definition) is 1. The number of nitrogens with zero attached hydrogens (tertiary/aromatic N) is 1. The maximum atomic E-state index is 13.5. The quantitative estimate of drug-likeness (QED) is 0.333.